The summed E-state index contributed by atoms with van der Waals surface area (Å²) in [6.07, 6.45) is -2.82. The van der Waals surface area contributed by atoms with Crippen LogP contribution in [0, 0.1) is 10.1 Å². The molecular formula is C29H16F3NO7. The Labute approximate surface area is 222 Å². The van der Waals surface area contributed by atoms with Crippen LogP contribution in [0.1, 0.15) is 11.3 Å². The molecule has 5 rings (SSSR count). The first-order valence-corrected chi connectivity index (χ1v) is 11.6. The van der Waals surface area contributed by atoms with Crippen LogP contribution < -0.4 is 14.9 Å². The second kappa shape index (κ2) is 10.4. The number of fused-ring (bicyclic) bond motifs is 2. The summed E-state index contributed by atoms with van der Waals surface area (Å²) in [6, 6.07) is 20.5. The number of nitro groups is 1. The number of nitro benzene ring substituents is 1. The number of rotatable bonds is 6. The number of esters is 1. The van der Waals surface area contributed by atoms with Gasteiger partial charge in [-0.15, -0.1) is 0 Å². The Balaban J connectivity index is 1.45. The third-order valence-electron chi connectivity index (χ3n) is 5.73. The van der Waals surface area contributed by atoms with Gasteiger partial charge in [0.15, 0.2) is 0 Å². The highest BCUT2D eigenvalue weighted by atomic mass is 19.4. The summed E-state index contributed by atoms with van der Waals surface area (Å²) in [5.74, 6) is -3.77. The number of carbonyl (C=O) groups excluding carboxylic acids is 1. The van der Waals surface area contributed by atoms with E-state index in [0.717, 1.165) is 23.6 Å². The third kappa shape index (κ3) is 5.53. The van der Waals surface area contributed by atoms with Crippen molar-refractivity contribution in [2.24, 2.45) is 0 Å². The summed E-state index contributed by atoms with van der Waals surface area (Å²) in [5.41, 5.74) is -1.37. The van der Waals surface area contributed by atoms with Gasteiger partial charge in [0.05, 0.1) is 10.3 Å². The van der Waals surface area contributed by atoms with Crippen molar-refractivity contribution in [3.05, 3.63) is 123 Å². The molecule has 1 heterocycles. The van der Waals surface area contributed by atoms with Gasteiger partial charge in [-0.2, -0.15) is 13.2 Å². The largest absolute Gasteiger partial charge is 0.453 e. The first-order valence-electron chi connectivity index (χ1n) is 11.6. The van der Waals surface area contributed by atoms with Crippen LogP contribution in [0.5, 0.6) is 17.2 Å². The Bertz CT molecular complexity index is 1880. The number of halogens is 3. The SMILES string of the molecule is O=C(/C=C/c1cccc([N+](=O)[O-])c1)Oc1ccc2c(=O)c(Oc3ccc4ccccc4c3)c(C(F)(F)F)oc2c1. The van der Waals surface area contributed by atoms with Crippen LogP contribution >= 0.6 is 0 Å². The van der Waals surface area contributed by atoms with Gasteiger partial charge in [-0.05, 0) is 46.7 Å². The van der Waals surface area contributed by atoms with Crippen LogP contribution in [0.15, 0.2) is 100 Å². The Hall–Kier alpha value is -5.45. The Morgan fingerprint density at radius 3 is 2.40 bits per heavy atom. The maximum absolute atomic E-state index is 13.9. The first kappa shape index (κ1) is 26.2. The molecule has 11 heteroatoms. The lowest BCUT2D eigenvalue weighted by Crippen LogP contribution is -2.15. The molecule has 0 aliphatic carbocycles. The average molecular weight is 547 g/mol. The van der Waals surface area contributed by atoms with E-state index in [1.54, 1.807) is 18.2 Å². The van der Waals surface area contributed by atoms with Gasteiger partial charge in [-0.3, -0.25) is 14.9 Å². The van der Waals surface area contributed by atoms with E-state index in [1.807, 2.05) is 12.1 Å². The number of alkyl halides is 3. The topological polar surface area (TPSA) is 109 Å². The van der Waals surface area contributed by atoms with E-state index in [9.17, 15) is 32.9 Å². The molecule has 0 bridgehead atoms. The van der Waals surface area contributed by atoms with Crippen LogP contribution in [-0.4, -0.2) is 10.9 Å². The minimum Gasteiger partial charge on any atom is -0.449 e. The van der Waals surface area contributed by atoms with Crippen molar-refractivity contribution in [1.82, 2.24) is 0 Å². The van der Waals surface area contributed by atoms with E-state index < -0.39 is 39.6 Å². The molecule has 1 aromatic heterocycles. The molecule has 0 aliphatic heterocycles. The maximum atomic E-state index is 13.9. The van der Waals surface area contributed by atoms with Crippen LogP contribution in [0.25, 0.3) is 27.8 Å². The van der Waals surface area contributed by atoms with Crippen molar-refractivity contribution in [3.63, 3.8) is 0 Å². The number of non-ortho nitro benzene ring substituents is 1. The van der Waals surface area contributed by atoms with Gasteiger partial charge in [0.1, 0.15) is 17.1 Å². The number of carbonyl (C=O) groups is 1. The summed E-state index contributed by atoms with van der Waals surface area (Å²) >= 11 is 0. The highest BCUT2D eigenvalue weighted by molar-refractivity contribution is 5.90. The quantitative estimate of drug-likeness (QED) is 0.0722. The number of benzene rings is 4. The van der Waals surface area contributed by atoms with Gasteiger partial charge in [0, 0.05) is 24.3 Å². The number of nitrogens with zero attached hydrogens (tertiary/aromatic N) is 1. The molecular weight excluding hydrogens is 531 g/mol. The van der Waals surface area contributed by atoms with E-state index in [1.165, 1.54) is 48.5 Å². The molecule has 0 unspecified atom stereocenters. The fourth-order valence-corrected chi connectivity index (χ4v) is 3.90. The Kier molecular flexibility index (Phi) is 6.78. The smallest absolute Gasteiger partial charge is 0.449 e. The molecule has 4 aromatic carbocycles. The molecule has 0 saturated carbocycles. The molecule has 0 spiro atoms. The molecule has 0 N–H and O–H groups in total. The van der Waals surface area contributed by atoms with Crippen molar-refractivity contribution in [2.75, 3.05) is 0 Å². The van der Waals surface area contributed by atoms with Gasteiger partial charge < -0.3 is 13.9 Å². The molecule has 200 valence electrons. The summed E-state index contributed by atoms with van der Waals surface area (Å²) in [5, 5.41) is 12.2. The minimum absolute atomic E-state index is 0.0111. The predicted octanol–water partition coefficient (Wildman–Crippen LogP) is 7.28. The number of hydrogen-bond donors (Lipinski definition) is 0. The molecule has 0 fully saturated rings. The summed E-state index contributed by atoms with van der Waals surface area (Å²) in [7, 11) is 0. The molecule has 0 saturated heterocycles. The molecule has 0 atom stereocenters. The zero-order valence-electron chi connectivity index (χ0n) is 20.2. The zero-order valence-corrected chi connectivity index (χ0v) is 20.2. The number of hydrogen-bond acceptors (Lipinski definition) is 7. The normalized spacial score (nSPS) is 11.7. The van der Waals surface area contributed by atoms with Crippen molar-refractivity contribution < 1.29 is 36.8 Å². The lowest BCUT2D eigenvalue weighted by Gasteiger charge is -2.14. The highest BCUT2D eigenvalue weighted by Gasteiger charge is 2.40. The lowest BCUT2D eigenvalue weighted by molar-refractivity contribution is -0.384. The van der Waals surface area contributed by atoms with Gasteiger partial charge in [0.2, 0.25) is 11.2 Å². The zero-order chi connectivity index (χ0) is 28.4. The summed E-state index contributed by atoms with van der Waals surface area (Å²) in [6.45, 7) is 0. The molecule has 0 radical (unpaired) electrons. The monoisotopic (exact) mass is 547 g/mol. The van der Waals surface area contributed by atoms with E-state index in [0.29, 0.717) is 10.9 Å². The van der Waals surface area contributed by atoms with Crippen LogP contribution in [0.2, 0.25) is 0 Å². The highest BCUT2D eigenvalue weighted by Crippen LogP contribution is 2.39. The fourth-order valence-electron chi connectivity index (χ4n) is 3.90. The van der Waals surface area contributed by atoms with E-state index >= 15 is 0 Å². The fraction of sp³-hybridized carbons (Fsp3) is 0.0345. The van der Waals surface area contributed by atoms with Crippen LogP contribution in [0.4, 0.5) is 18.9 Å². The van der Waals surface area contributed by atoms with Gasteiger partial charge in [-0.1, -0.05) is 42.5 Å². The molecule has 0 amide bonds. The average Bonchev–Trinajstić information content (AvgIpc) is 2.92. The van der Waals surface area contributed by atoms with Crippen LogP contribution in [-0.2, 0) is 11.0 Å². The van der Waals surface area contributed by atoms with Gasteiger partial charge in [0.25, 0.3) is 11.4 Å². The Morgan fingerprint density at radius 1 is 0.900 bits per heavy atom. The standard InChI is InChI=1S/C29H16F3NO7/c30-29(31,32)28-27(39-21-10-9-18-5-1-2-6-19(18)15-21)26(35)23-12-11-22(16-24(23)40-28)38-25(34)13-8-17-4-3-7-20(14-17)33(36)37/h1-16H/b13-8+. The van der Waals surface area contributed by atoms with E-state index in [2.05, 4.69) is 0 Å². The molecule has 0 aliphatic rings. The van der Waals surface area contributed by atoms with E-state index in [-0.39, 0.29) is 22.6 Å². The Morgan fingerprint density at radius 2 is 1.65 bits per heavy atom. The maximum Gasteiger partial charge on any atom is 0.453 e. The van der Waals surface area contributed by atoms with Crippen molar-refractivity contribution in [1.29, 1.82) is 0 Å². The first-order chi connectivity index (χ1) is 19.1. The molecule has 8 nitrogen and oxygen atoms in total. The summed E-state index contributed by atoms with van der Waals surface area (Å²) < 4.78 is 57.3. The molecule has 5 aromatic rings. The molecule has 40 heavy (non-hydrogen) atoms. The number of ether oxygens (including phenoxy) is 2. The lowest BCUT2D eigenvalue weighted by atomic mass is 10.1. The van der Waals surface area contributed by atoms with Crippen molar-refractivity contribution in [3.8, 4) is 17.2 Å². The third-order valence-corrected chi connectivity index (χ3v) is 5.73. The van der Waals surface area contributed by atoms with Crippen LogP contribution in [0.3, 0.4) is 0 Å². The van der Waals surface area contributed by atoms with Crippen molar-refractivity contribution in [2.45, 2.75) is 6.18 Å². The second-order valence-corrected chi connectivity index (χ2v) is 8.46. The minimum atomic E-state index is -5.08. The van der Waals surface area contributed by atoms with Gasteiger partial charge in [-0.25, -0.2) is 4.79 Å². The van der Waals surface area contributed by atoms with Crippen molar-refractivity contribution >= 4 is 39.5 Å². The summed E-state index contributed by atoms with van der Waals surface area (Å²) in [4.78, 5) is 35.6. The second-order valence-electron chi connectivity index (χ2n) is 8.46. The van der Waals surface area contributed by atoms with E-state index in [4.69, 9.17) is 13.9 Å². The van der Waals surface area contributed by atoms with Gasteiger partial charge >= 0.3 is 12.1 Å². The predicted molar refractivity (Wildman–Crippen MR) is 139 cm³/mol.